The minimum atomic E-state index is -0.309. The quantitative estimate of drug-likeness (QED) is 0.763. The first-order valence-corrected chi connectivity index (χ1v) is 10.4. The molecule has 3 fully saturated rings. The average molecular weight is 409 g/mol. The second-order valence-electron chi connectivity index (χ2n) is 8.36. The fourth-order valence-electron chi connectivity index (χ4n) is 5.37. The van der Waals surface area contributed by atoms with Crippen LogP contribution in [0.15, 0.2) is 42.5 Å². The number of benzene rings is 2. The van der Waals surface area contributed by atoms with Crippen LogP contribution in [0.5, 0.6) is 0 Å². The highest BCUT2D eigenvalue weighted by atomic mass is 35.5. The Bertz CT molecular complexity index is 1020. The van der Waals surface area contributed by atoms with Crippen molar-refractivity contribution in [3.05, 3.63) is 58.6 Å². The summed E-state index contributed by atoms with van der Waals surface area (Å²) in [6.45, 7) is 1.89. The highest BCUT2D eigenvalue weighted by Crippen LogP contribution is 2.56. The molecular formula is C23H21ClN2O3. The van der Waals surface area contributed by atoms with Crippen LogP contribution >= 0.6 is 11.6 Å². The van der Waals surface area contributed by atoms with Crippen LogP contribution in [-0.2, 0) is 9.59 Å². The molecule has 1 aliphatic heterocycles. The van der Waals surface area contributed by atoms with Gasteiger partial charge < -0.3 is 5.32 Å². The molecule has 2 bridgehead atoms. The zero-order valence-electron chi connectivity index (χ0n) is 16.0. The Hall–Kier alpha value is -2.66. The maximum absolute atomic E-state index is 13.0. The fourth-order valence-corrected chi connectivity index (χ4v) is 5.54. The van der Waals surface area contributed by atoms with Crippen molar-refractivity contribution >= 4 is 40.7 Å². The van der Waals surface area contributed by atoms with Crippen molar-refractivity contribution in [2.75, 3.05) is 10.2 Å². The highest BCUT2D eigenvalue weighted by Gasteiger charge is 2.61. The molecule has 2 aliphatic carbocycles. The van der Waals surface area contributed by atoms with Crippen LogP contribution in [-0.4, -0.2) is 17.7 Å². The van der Waals surface area contributed by atoms with Gasteiger partial charge in [-0.25, -0.2) is 0 Å². The summed E-state index contributed by atoms with van der Waals surface area (Å²) in [5.41, 5.74) is 2.39. The zero-order valence-corrected chi connectivity index (χ0v) is 16.8. The molecule has 0 radical (unpaired) electrons. The molecule has 3 aliphatic rings. The van der Waals surface area contributed by atoms with Crippen LogP contribution < -0.4 is 10.2 Å². The lowest BCUT2D eigenvalue weighted by Crippen LogP contribution is -2.33. The second kappa shape index (κ2) is 6.70. The summed E-state index contributed by atoms with van der Waals surface area (Å²) in [6.07, 6.45) is 3.09. The van der Waals surface area contributed by atoms with Gasteiger partial charge in [0.15, 0.2) is 0 Å². The molecule has 4 atom stereocenters. The Morgan fingerprint density at radius 3 is 2.41 bits per heavy atom. The van der Waals surface area contributed by atoms with Gasteiger partial charge in [0.25, 0.3) is 5.91 Å². The maximum atomic E-state index is 13.0. The molecule has 0 aromatic heterocycles. The SMILES string of the molecule is Cc1ccc(Cl)cc1NC(=O)c1cccc(N2C(=O)C3C4CCC(C4)C3C2=O)c1. The molecule has 4 unspecified atom stereocenters. The van der Waals surface area contributed by atoms with Gasteiger partial charge in [-0.3, -0.25) is 19.3 Å². The van der Waals surface area contributed by atoms with Crippen molar-refractivity contribution in [2.24, 2.45) is 23.7 Å². The summed E-state index contributed by atoms with van der Waals surface area (Å²) in [5.74, 6) is -0.185. The molecular weight excluding hydrogens is 388 g/mol. The Labute approximate surface area is 174 Å². The first kappa shape index (κ1) is 18.4. The molecule has 148 valence electrons. The van der Waals surface area contributed by atoms with E-state index in [0.717, 1.165) is 24.8 Å². The van der Waals surface area contributed by atoms with Gasteiger partial charge in [0, 0.05) is 16.3 Å². The number of anilines is 2. The van der Waals surface area contributed by atoms with Gasteiger partial charge in [0.2, 0.25) is 11.8 Å². The smallest absolute Gasteiger partial charge is 0.255 e. The van der Waals surface area contributed by atoms with Gasteiger partial charge in [0.1, 0.15) is 0 Å². The van der Waals surface area contributed by atoms with Gasteiger partial charge in [-0.1, -0.05) is 23.7 Å². The van der Waals surface area contributed by atoms with Crippen LogP contribution in [0.1, 0.15) is 35.2 Å². The number of carbonyl (C=O) groups is 3. The van der Waals surface area contributed by atoms with Crippen molar-refractivity contribution < 1.29 is 14.4 Å². The van der Waals surface area contributed by atoms with Gasteiger partial charge in [-0.15, -0.1) is 0 Å². The van der Waals surface area contributed by atoms with Crippen LogP contribution in [0.3, 0.4) is 0 Å². The number of fused-ring (bicyclic) bond motifs is 5. The van der Waals surface area contributed by atoms with Gasteiger partial charge >= 0.3 is 0 Å². The molecule has 2 aromatic carbocycles. The van der Waals surface area contributed by atoms with Crippen molar-refractivity contribution in [1.29, 1.82) is 0 Å². The summed E-state index contributed by atoms with van der Waals surface area (Å²) < 4.78 is 0. The predicted octanol–water partition coefficient (Wildman–Crippen LogP) is 4.44. The predicted molar refractivity (Wildman–Crippen MR) is 111 cm³/mol. The van der Waals surface area contributed by atoms with E-state index in [0.29, 0.717) is 33.8 Å². The number of nitrogens with zero attached hydrogens (tertiary/aromatic N) is 1. The number of imide groups is 1. The van der Waals surface area contributed by atoms with Crippen molar-refractivity contribution in [2.45, 2.75) is 26.2 Å². The zero-order chi connectivity index (χ0) is 20.3. The summed E-state index contributed by atoms with van der Waals surface area (Å²) >= 11 is 6.03. The summed E-state index contributed by atoms with van der Waals surface area (Å²) in [7, 11) is 0. The van der Waals surface area contributed by atoms with Gasteiger partial charge in [0.05, 0.1) is 17.5 Å². The highest BCUT2D eigenvalue weighted by molar-refractivity contribution is 6.31. The van der Waals surface area contributed by atoms with Crippen LogP contribution in [0, 0.1) is 30.6 Å². The number of carbonyl (C=O) groups excluding carboxylic acids is 3. The van der Waals surface area contributed by atoms with E-state index >= 15 is 0 Å². The number of halogens is 1. The van der Waals surface area contributed by atoms with Crippen molar-refractivity contribution in [1.82, 2.24) is 0 Å². The Morgan fingerprint density at radius 1 is 1.03 bits per heavy atom. The van der Waals surface area contributed by atoms with E-state index in [4.69, 9.17) is 11.6 Å². The number of hydrogen-bond donors (Lipinski definition) is 1. The normalized spacial score (nSPS) is 27.4. The standard InChI is InChI=1S/C23H21ClN2O3/c1-12-5-8-16(24)11-18(12)25-21(27)15-3-2-4-17(10-15)26-22(28)19-13-6-7-14(9-13)20(19)23(26)29/h2-5,8,10-11,13-14,19-20H,6-7,9H2,1H3,(H,25,27). The molecule has 5 nitrogen and oxygen atoms in total. The molecule has 5 rings (SSSR count). The Kier molecular flexibility index (Phi) is 4.24. The first-order chi connectivity index (χ1) is 13.9. The Balaban J connectivity index is 1.42. The van der Waals surface area contributed by atoms with E-state index in [9.17, 15) is 14.4 Å². The lowest BCUT2D eigenvalue weighted by atomic mass is 9.81. The molecule has 0 spiro atoms. The third kappa shape index (κ3) is 2.87. The number of hydrogen-bond acceptors (Lipinski definition) is 3. The molecule has 1 heterocycles. The fraction of sp³-hybridized carbons (Fsp3) is 0.348. The summed E-state index contributed by atoms with van der Waals surface area (Å²) in [4.78, 5) is 40.1. The molecule has 1 N–H and O–H groups in total. The maximum Gasteiger partial charge on any atom is 0.255 e. The topological polar surface area (TPSA) is 66.5 Å². The average Bonchev–Trinajstić information content (AvgIpc) is 3.38. The molecule has 1 saturated heterocycles. The van der Waals surface area contributed by atoms with E-state index in [1.807, 2.05) is 13.0 Å². The minimum absolute atomic E-state index is 0.101. The molecule has 6 heteroatoms. The monoisotopic (exact) mass is 408 g/mol. The molecule has 2 saturated carbocycles. The third-order valence-corrected chi connectivity index (χ3v) is 6.98. The number of nitrogens with one attached hydrogen (secondary N) is 1. The van der Waals surface area contributed by atoms with E-state index in [1.165, 1.54) is 4.90 Å². The third-order valence-electron chi connectivity index (χ3n) is 6.74. The number of rotatable bonds is 3. The van der Waals surface area contributed by atoms with Gasteiger partial charge in [-0.2, -0.15) is 0 Å². The van der Waals surface area contributed by atoms with E-state index in [-0.39, 0.29) is 29.6 Å². The van der Waals surface area contributed by atoms with Gasteiger partial charge in [-0.05, 0) is 73.9 Å². The van der Waals surface area contributed by atoms with Crippen molar-refractivity contribution in [3.63, 3.8) is 0 Å². The summed E-state index contributed by atoms with van der Waals surface area (Å²) in [6, 6.07) is 12.0. The van der Waals surface area contributed by atoms with E-state index in [1.54, 1.807) is 36.4 Å². The lowest BCUT2D eigenvalue weighted by molar-refractivity contribution is -0.123. The molecule has 2 aromatic rings. The number of amides is 3. The Morgan fingerprint density at radius 2 is 1.72 bits per heavy atom. The van der Waals surface area contributed by atoms with Crippen LogP contribution in [0.2, 0.25) is 5.02 Å². The minimum Gasteiger partial charge on any atom is -0.322 e. The number of aryl methyl sites for hydroxylation is 1. The molecule has 3 amide bonds. The van der Waals surface area contributed by atoms with Crippen LogP contribution in [0.4, 0.5) is 11.4 Å². The second-order valence-corrected chi connectivity index (χ2v) is 8.80. The molecule has 29 heavy (non-hydrogen) atoms. The van der Waals surface area contributed by atoms with E-state index < -0.39 is 0 Å². The van der Waals surface area contributed by atoms with E-state index in [2.05, 4.69) is 5.32 Å². The van der Waals surface area contributed by atoms with Crippen LogP contribution in [0.25, 0.3) is 0 Å². The summed E-state index contributed by atoms with van der Waals surface area (Å²) in [5, 5.41) is 3.40. The largest absolute Gasteiger partial charge is 0.322 e. The first-order valence-electron chi connectivity index (χ1n) is 9.99. The lowest BCUT2D eigenvalue weighted by Gasteiger charge is -2.19. The van der Waals surface area contributed by atoms with Crippen molar-refractivity contribution in [3.8, 4) is 0 Å².